The zero-order valence-corrected chi connectivity index (χ0v) is 11.9. The Kier molecular flexibility index (Phi) is 4.04. The maximum absolute atomic E-state index is 10.4. The molecule has 2 aromatic rings. The van der Waals surface area contributed by atoms with Crippen LogP contribution in [0, 0.1) is 6.92 Å². The predicted octanol–water partition coefficient (Wildman–Crippen LogP) is 3.85. The largest absolute Gasteiger partial charge is 0.497 e. The molecule has 0 spiro atoms. The van der Waals surface area contributed by atoms with Crippen LogP contribution in [0.25, 0.3) is 0 Å². The van der Waals surface area contributed by atoms with Crippen LogP contribution in [0.15, 0.2) is 46.9 Å². The summed E-state index contributed by atoms with van der Waals surface area (Å²) >= 11 is 3.48. The van der Waals surface area contributed by atoms with E-state index in [4.69, 9.17) is 4.74 Å². The van der Waals surface area contributed by atoms with Crippen molar-refractivity contribution in [2.24, 2.45) is 0 Å². The van der Waals surface area contributed by atoms with E-state index in [-0.39, 0.29) is 0 Å². The molecule has 2 nitrogen and oxygen atoms in total. The fourth-order valence-corrected chi connectivity index (χ4v) is 2.27. The number of rotatable bonds is 3. The SMILES string of the molecule is COc1ccc(C(O)c2cccc(Br)c2C)cc1. The maximum Gasteiger partial charge on any atom is 0.118 e. The molecule has 0 aromatic heterocycles. The van der Waals surface area contributed by atoms with E-state index >= 15 is 0 Å². The molecule has 0 aliphatic carbocycles. The third kappa shape index (κ3) is 2.57. The molecule has 18 heavy (non-hydrogen) atoms. The Morgan fingerprint density at radius 2 is 1.78 bits per heavy atom. The molecule has 0 amide bonds. The van der Waals surface area contributed by atoms with E-state index in [9.17, 15) is 5.11 Å². The number of ether oxygens (including phenoxy) is 1. The summed E-state index contributed by atoms with van der Waals surface area (Å²) in [6.45, 7) is 1.99. The molecule has 1 atom stereocenters. The van der Waals surface area contributed by atoms with Crippen LogP contribution in [0.2, 0.25) is 0 Å². The van der Waals surface area contributed by atoms with Crippen LogP contribution >= 0.6 is 15.9 Å². The van der Waals surface area contributed by atoms with Crippen LogP contribution in [0.1, 0.15) is 22.8 Å². The minimum atomic E-state index is -0.617. The Morgan fingerprint density at radius 1 is 1.11 bits per heavy atom. The molecule has 2 rings (SSSR count). The molecule has 2 aromatic carbocycles. The highest BCUT2D eigenvalue weighted by atomic mass is 79.9. The Morgan fingerprint density at radius 3 is 2.39 bits per heavy atom. The topological polar surface area (TPSA) is 29.5 Å². The number of hydrogen-bond donors (Lipinski definition) is 1. The van der Waals surface area contributed by atoms with Gasteiger partial charge in [-0.25, -0.2) is 0 Å². The second-order valence-corrected chi connectivity index (χ2v) is 4.98. The predicted molar refractivity (Wildman–Crippen MR) is 75.9 cm³/mol. The minimum absolute atomic E-state index is 0.617. The van der Waals surface area contributed by atoms with Crippen molar-refractivity contribution in [3.8, 4) is 5.75 Å². The summed E-state index contributed by atoms with van der Waals surface area (Å²) < 4.78 is 6.12. The van der Waals surface area contributed by atoms with Gasteiger partial charge in [0.15, 0.2) is 0 Å². The van der Waals surface area contributed by atoms with Crippen molar-refractivity contribution in [2.45, 2.75) is 13.0 Å². The van der Waals surface area contributed by atoms with E-state index in [1.165, 1.54) is 0 Å². The fourth-order valence-electron chi connectivity index (χ4n) is 1.89. The monoisotopic (exact) mass is 306 g/mol. The Hall–Kier alpha value is -1.32. The highest BCUT2D eigenvalue weighted by molar-refractivity contribution is 9.10. The third-order valence-electron chi connectivity index (χ3n) is 3.04. The summed E-state index contributed by atoms with van der Waals surface area (Å²) in [7, 11) is 1.63. The molecular weight excluding hydrogens is 292 g/mol. The molecule has 0 aliphatic heterocycles. The summed E-state index contributed by atoms with van der Waals surface area (Å²) in [6, 6.07) is 13.3. The smallest absolute Gasteiger partial charge is 0.118 e. The second kappa shape index (κ2) is 5.55. The van der Waals surface area contributed by atoms with Gasteiger partial charge in [-0.2, -0.15) is 0 Å². The summed E-state index contributed by atoms with van der Waals surface area (Å²) in [5.74, 6) is 0.789. The lowest BCUT2D eigenvalue weighted by atomic mass is 9.97. The summed E-state index contributed by atoms with van der Waals surface area (Å²) in [5, 5.41) is 10.4. The first-order valence-electron chi connectivity index (χ1n) is 5.70. The molecule has 1 N–H and O–H groups in total. The van der Waals surface area contributed by atoms with Crippen molar-refractivity contribution in [2.75, 3.05) is 7.11 Å². The average molecular weight is 307 g/mol. The van der Waals surface area contributed by atoms with Gasteiger partial charge in [0.25, 0.3) is 0 Å². The molecule has 0 aliphatic rings. The maximum atomic E-state index is 10.4. The first-order chi connectivity index (χ1) is 8.63. The molecule has 0 fully saturated rings. The van der Waals surface area contributed by atoms with Gasteiger partial charge in [0, 0.05) is 4.47 Å². The van der Waals surface area contributed by atoms with Gasteiger partial charge in [0.2, 0.25) is 0 Å². The fraction of sp³-hybridized carbons (Fsp3) is 0.200. The second-order valence-electron chi connectivity index (χ2n) is 4.13. The van der Waals surface area contributed by atoms with Gasteiger partial charge < -0.3 is 9.84 Å². The third-order valence-corrected chi connectivity index (χ3v) is 3.89. The molecule has 0 heterocycles. The normalized spacial score (nSPS) is 12.2. The van der Waals surface area contributed by atoms with Crippen LogP contribution in [0.3, 0.4) is 0 Å². The van der Waals surface area contributed by atoms with Crippen LogP contribution in [-0.4, -0.2) is 12.2 Å². The van der Waals surface area contributed by atoms with E-state index < -0.39 is 6.10 Å². The van der Waals surface area contributed by atoms with Gasteiger partial charge in [-0.1, -0.05) is 40.2 Å². The zero-order valence-electron chi connectivity index (χ0n) is 10.4. The van der Waals surface area contributed by atoms with Crippen molar-refractivity contribution in [3.05, 3.63) is 63.6 Å². The van der Waals surface area contributed by atoms with Gasteiger partial charge in [0.1, 0.15) is 11.9 Å². The van der Waals surface area contributed by atoms with E-state index in [1.54, 1.807) is 7.11 Å². The average Bonchev–Trinajstić information content (AvgIpc) is 2.41. The van der Waals surface area contributed by atoms with Crippen molar-refractivity contribution >= 4 is 15.9 Å². The Balaban J connectivity index is 2.35. The van der Waals surface area contributed by atoms with Gasteiger partial charge in [0.05, 0.1) is 7.11 Å². The van der Waals surface area contributed by atoms with Gasteiger partial charge in [-0.3, -0.25) is 0 Å². The van der Waals surface area contributed by atoms with E-state index in [0.29, 0.717) is 0 Å². The molecule has 1 unspecified atom stereocenters. The number of aliphatic hydroxyl groups excluding tert-OH is 1. The van der Waals surface area contributed by atoms with Crippen molar-refractivity contribution < 1.29 is 9.84 Å². The molecule has 0 bridgehead atoms. The lowest BCUT2D eigenvalue weighted by Crippen LogP contribution is -2.02. The minimum Gasteiger partial charge on any atom is -0.497 e. The molecular formula is C15H15BrO2. The molecule has 0 saturated heterocycles. The summed E-state index contributed by atoms with van der Waals surface area (Å²) in [5.41, 5.74) is 2.83. The first kappa shape index (κ1) is 13.1. The summed E-state index contributed by atoms with van der Waals surface area (Å²) in [4.78, 5) is 0. The van der Waals surface area contributed by atoms with Gasteiger partial charge in [-0.15, -0.1) is 0 Å². The van der Waals surface area contributed by atoms with E-state index in [2.05, 4.69) is 15.9 Å². The van der Waals surface area contributed by atoms with Crippen LogP contribution in [0.5, 0.6) is 5.75 Å². The van der Waals surface area contributed by atoms with E-state index in [1.807, 2.05) is 49.4 Å². The highest BCUT2D eigenvalue weighted by Gasteiger charge is 2.13. The summed E-state index contributed by atoms with van der Waals surface area (Å²) in [6.07, 6.45) is -0.617. The molecule has 3 heteroatoms. The molecule has 94 valence electrons. The lowest BCUT2D eigenvalue weighted by Gasteiger charge is -2.15. The number of halogens is 1. The number of hydrogen-bond acceptors (Lipinski definition) is 2. The quantitative estimate of drug-likeness (QED) is 0.933. The lowest BCUT2D eigenvalue weighted by molar-refractivity contribution is 0.219. The van der Waals surface area contributed by atoms with Gasteiger partial charge in [-0.05, 0) is 41.8 Å². The molecule has 0 saturated carbocycles. The van der Waals surface area contributed by atoms with Crippen LogP contribution in [-0.2, 0) is 0 Å². The standard InChI is InChI=1S/C15H15BrO2/c1-10-13(4-3-5-14(10)16)15(17)11-6-8-12(18-2)9-7-11/h3-9,15,17H,1-2H3. The molecule has 0 radical (unpaired) electrons. The van der Waals surface area contributed by atoms with E-state index in [0.717, 1.165) is 26.9 Å². The number of methoxy groups -OCH3 is 1. The van der Waals surface area contributed by atoms with Gasteiger partial charge >= 0.3 is 0 Å². The Labute approximate surface area is 115 Å². The van der Waals surface area contributed by atoms with Crippen molar-refractivity contribution in [1.82, 2.24) is 0 Å². The zero-order chi connectivity index (χ0) is 13.1. The van der Waals surface area contributed by atoms with Crippen molar-refractivity contribution in [1.29, 1.82) is 0 Å². The van der Waals surface area contributed by atoms with Crippen LogP contribution < -0.4 is 4.74 Å². The highest BCUT2D eigenvalue weighted by Crippen LogP contribution is 2.29. The Bertz CT molecular complexity index is 535. The van der Waals surface area contributed by atoms with Crippen molar-refractivity contribution in [3.63, 3.8) is 0 Å². The van der Waals surface area contributed by atoms with Crippen LogP contribution in [0.4, 0.5) is 0 Å². The number of benzene rings is 2. The number of aliphatic hydroxyl groups is 1. The first-order valence-corrected chi connectivity index (χ1v) is 6.50.